The van der Waals surface area contributed by atoms with Crippen LogP contribution in [0.4, 0.5) is 0 Å². The number of fused-ring (bicyclic) bond motifs is 5. The van der Waals surface area contributed by atoms with E-state index >= 15 is 0 Å². The van der Waals surface area contributed by atoms with E-state index in [-0.39, 0.29) is 11.8 Å². The Bertz CT molecular complexity index is 659. The van der Waals surface area contributed by atoms with E-state index in [1.807, 2.05) is 7.11 Å². The second-order valence-electron chi connectivity index (χ2n) is 11.3. The number of hydrogen-bond donors (Lipinski definition) is 1. The van der Waals surface area contributed by atoms with Gasteiger partial charge in [-0.2, -0.15) is 0 Å². The zero-order valence-electron chi connectivity index (χ0n) is 18.8. The molecule has 0 aromatic rings. The Labute approximate surface area is 176 Å². The van der Waals surface area contributed by atoms with Gasteiger partial charge in [-0.05, 0) is 92.3 Å². The van der Waals surface area contributed by atoms with Crippen LogP contribution in [-0.2, 0) is 14.3 Å². The SMILES string of the molecule is CO[C@H]1CC[C@@]2(C)[C@@H](CC[C@H]3[C@H]2CC(=O)[C@]2(C)[C@@H]3CC[C@H]2[C@H](C)CCC(=O)O)C1. The molecule has 4 heteroatoms. The number of Topliss-reactive ketones (excluding diaryl/α,β-unsaturated/α-hetero) is 1. The van der Waals surface area contributed by atoms with Crippen molar-refractivity contribution in [3.63, 3.8) is 0 Å². The van der Waals surface area contributed by atoms with Crippen LogP contribution in [0.15, 0.2) is 0 Å². The largest absolute Gasteiger partial charge is 0.481 e. The van der Waals surface area contributed by atoms with E-state index in [1.54, 1.807) is 0 Å². The van der Waals surface area contributed by atoms with Crippen LogP contribution >= 0.6 is 0 Å². The van der Waals surface area contributed by atoms with E-state index in [9.17, 15) is 9.59 Å². The molecular weight excluding hydrogens is 364 g/mol. The van der Waals surface area contributed by atoms with Crippen LogP contribution in [0, 0.1) is 46.3 Å². The average molecular weight is 405 g/mol. The second-order valence-corrected chi connectivity index (χ2v) is 11.3. The fraction of sp³-hybridized carbons (Fsp3) is 0.920. The summed E-state index contributed by atoms with van der Waals surface area (Å²) in [6.07, 6.45) is 10.4. The minimum absolute atomic E-state index is 0.221. The Balaban J connectivity index is 1.56. The quantitative estimate of drug-likeness (QED) is 0.672. The molecule has 1 N–H and O–H groups in total. The van der Waals surface area contributed by atoms with Gasteiger partial charge in [-0.15, -0.1) is 0 Å². The van der Waals surface area contributed by atoms with Gasteiger partial charge in [0, 0.05) is 25.4 Å². The summed E-state index contributed by atoms with van der Waals surface area (Å²) in [5.74, 6) is 2.86. The monoisotopic (exact) mass is 404 g/mol. The van der Waals surface area contributed by atoms with Crippen molar-refractivity contribution in [1.29, 1.82) is 0 Å². The van der Waals surface area contributed by atoms with Gasteiger partial charge in [-0.1, -0.05) is 20.8 Å². The van der Waals surface area contributed by atoms with Gasteiger partial charge < -0.3 is 9.84 Å². The normalized spacial score (nSPS) is 47.8. The molecule has 4 aliphatic carbocycles. The minimum Gasteiger partial charge on any atom is -0.481 e. The van der Waals surface area contributed by atoms with Crippen molar-refractivity contribution in [2.75, 3.05) is 7.11 Å². The van der Waals surface area contributed by atoms with Crippen LogP contribution in [0.2, 0.25) is 0 Å². The number of hydrogen-bond acceptors (Lipinski definition) is 3. The van der Waals surface area contributed by atoms with Crippen molar-refractivity contribution in [3.8, 4) is 0 Å². The fourth-order valence-corrected chi connectivity index (χ4v) is 8.63. The maximum atomic E-state index is 13.7. The van der Waals surface area contributed by atoms with E-state index in [0.717, 1.165) is 25.7 Å². The average Bonchev–Trinajstić information content (AvgIpc) is 3.05. The van der Waals surface area contributed by atoms with Crippen LogP contribution in [0.1, 0.15) is 85.0 Å². The Morgan fingerprint density at radius 3 is 2.62 bits per heavy atom. The molecule has 4 rings (SSSR count). The molecule has 4 aliphatic rings. The lowest BCUT2D eigenvalue weighted by Gasteiger charge is -2.60. The zero-order valence-corrected chi connectivity index (χ0v) is 18.8. The first kappa shape index (κ1) is 21.3. The van der Waals surface area contributed by atoms with Crippen molar-refractivity contribution in [2.45, 2.75) is 91.1 Å². The predicted molar refractivity (Wildman–Crippen MR) is 112 cm³/mol. The van der Waals surface area contributed by atoms with Crippen molar-refractivity contribution >= 4 is 11.8 Å². The molecule has 0 amide bonds. The van der Waals surface area contributed by atoms with Crippen LogP contribution in [-0.4, -0.2) is 30.1 Å². The Hall–Kier alpha value is -0.900. The van der Waals surface area contributed by atoms with Crippen molar-refractivity contribution in [1.82, 2.24) is 0 Å². The molecule has 4 saturated carbocycles. The number of rotatable bonds is 5. The lowest BCUT2D eigenvalue weighted by molar-refractivity contribution is -0.161. The molecule has 9 atom stereocenters. The van der Waals surface area contributed by atoms with E-state index in [1.165, 1.54) is 25.7 Å². The Morgan fingerprint density at radius 1 is 1.17 bits per heavy atom. The van der Waals surface area contributed by atoms with E-state index < -0.39 is 5.97 Å². The minimum atomic E-state index is -0.718. The summed E-state index contributed by atoms with van der Waals surface area (Å²) in [7, 11) is 1.85. The lowest BCUT2D eigenvalue weighted by Crippen LogP contribution is -2.57. The molecule has 0 aromatic heterocycles. The Morgan fingerprint density at radius 2 is 1.93 bits per heavy atom. The predicted octanol–water partition coefficient (Wildman–Crippen LogP) is 5.34. The topological polar surface area (TPSA) is 63.6 Å². The maximum Gasteiger partial charge on any atom is 0.303 e. The highest BCUT2D eigenvalue weighted by atomic mass is 16.5. The van der Waals surface area contributed by atoms with Crippen molar-refractivity contribution < 1.29 is 19.4 Å². The van der Waals surface area contributed by atoms with Gasteiger partial charge in [-0.25, -0.2) is 0 Å². The molecule has 29 heavy (non-hydrogen) atoms. The second kappa shape index (κ2) is 7.66. The first-order chi connectivity index (χ1) is 13.7. The number of carbonyl (C=O) groups excluding carboxylic acids is 1. The highest BCUT2D eigenvalue weighted by molar-refractivity contribution is 5.87. The van der Waals surface area contributed by atoms with Crippen LogP contribution in [0.25, 0.3) is 0 Å². The molecule has 0 radical (unpaired) electrons. The standard InChI is InChI=1S/C25H40O4/c1-15(5-10-23(27)28)19-8-9-20-18-7-6-16-13-17(29-4)11-12-24(16,2)21(18)14-22(26)25(19,20)3/h15-21H,5-14H2,1-4H3,(H,27,28)/t15-,16+,17+,18-,19+,20-,21-,24+,25+/m1/s1. The summed E-state index contributed by atoms with van der Waals surface area (Å²) in [6.45, 7) is 6.92. The first-order valence-electron chi connectivity index (χ1n) is 12.0. The first-order valence-corrected chi connectivity index (χ1v) is 12.0. The molecule has 164 valence electrons. The third-order valence-corrected chi connectivity index (χ3v) is 10.4. The van der Waals surface area contributed by atoms with Crippen LogP contribution < -0.4 is 0 Å². The molecule has 0 heterocycles. The zero-order chi connectivity index (χ0) is 21.0. The fourth-order valence-electron chi connectivity index (χ4n) is 8.63. The van der Waals surface area contributed by atoms with Gasteiger partial charge in [0.15, 0.2) is 0 Å². The number of ketones is 1. The number of methoxy groups -OCH3 is 1. The van der Waals surface area contributed by atoms with Gasteiger partial charge in [0.1, 0.15) is 5.78 Å². The van der Waals surface area contributed by atoms with Crippen LogP contribution in [0.5, 0.6) is 0 Å². The number of carboxylic acids is 1. The molecule has 4 nitrogen and oxygen atoms in total. The number of carbonyl (C=O) groups is 2. The Kier molecular flexibility index (Phi) is 5.63. The third-order valence-electron chi connectivity index (χ3n) is 10.4. The highest BCUT2D eigenvalue weighted by Crippen LogP contribution is 2.67. The van der Waals surface area contributed by atoms with Crippen molar-refractivity contribution in [2.24, 2.45) is 46.3 Å². The molecule has 0 aliphatic heterocycles. The van der Waals surface area contributed by atoms with E-state index in [2.05, 4.69) is 20.8 Å². The molecular formula is C25H40O4. The molecule has 0 bridgehead atoms. The van der Waals surface area contributed by atoms with Gasteiger partial charge >= 0.3 is 5.97 Å². The maximum absolute atomic E-state index is 13.7. The van der Waals surface area contributed by atoms with Gasteiger partial charge in [0.2, 0.25) is 0 Å². The molecule has 4 fully saturated rings. The molecule has 0 spiro atoms. The number of aliphatic carboxylic acids is 1. The van der Waals surface area contributed by atoms with E-state index in [0.29, 0.717) is 59.2 Å². The van der Waals surface area contributed by atoms with Crippen LogP contribution in [0.3, 0.4) is 0 Å². The number of ether oxygens (including phenoxy) is 1. The summed E-state index contributed by atoms with van der Waals surface area (Å²) in [4.78, 5) is 24.8. The molecule has 0 aromatic carbocycles. The summed E-state index contributed by atoms with van der Waals surface area (Å²) in [5, 5.41) is 9.11. The summed E-state index contributed by atoms with van der Waals surface area (Å²) in [5.41, 5.74) is 0.0635. The lowest BCUT2D eigenvalue weighted by atomic mass is 9.44. The summed E-state index contributed by atoms with van der Waals surface area (Å²) >= 11 is 0. The van der Waals surface area contributed by atoms with Crippen molar-refractivity contribution in [3.05, 3.63) is 0 Å². The molecule has 0 saturated heterocycles. The van der Waals surface area contributed by atoms with E-state index in [4.69, 9.17) is 9.84 Å². The van der Waals surface area contributed by atoms with Gasteiger partial charge in [0.25, 0.3) is 0 Å². The number of carboxylic acid groups (broad SMARTS) is 1. The van der Waals surface area contributed by atoms with Gasteiger partial charge in [-0.3, -0.25) is 9.59 Å². The highest BCUT2D eigenvalue weighted by Gasteiger charge is 2.63. The smallest absolute Gasteiger partial charge is 0.303 e. The molecule has 0 unspecified atom stereocenters. The van der Waals surface area contributed by atoms with Gasteiger partial charge in [0.05, 0.1) is 6.10 Å². The summed E-state index contributed by atoms with van der Waals surface area (Å²) < 4.78 is 5.70. The third kappa shape index (κ3) is 3.28. The summed E-state index contributed by atoms with van der Waals surface area (Å²) in [6, 6.07) is 0.